The molecule has 1 heterocycles. The number of likely N-dealkylation sites (N-methyl/N-ethyl adjacent to an activating group) is 1. The summed E-state index contributed by atoms with van der Waals surface area (Å²) in [4.78, 5) is 0. The number of methoxy groups -OCH3 is 1. The average Bonchev–Trinajstić information content (AvgIpc) is 2.63. The van der Waals surface area contributed by atoms with Crippen LogP contribution < -0.4 is 5.32 Å². The van der Waals surface area contributed by atoms with Gasteiger partial charge in [-0.25, -0.2) is 0 Å². The Morgan fingerprint density at radius 1 is 1.56 bits per heavy atom. The van der Waals surface area contributed by atoms with Crippen LogP contribution in [-0.2, 0) is 18.2 Å². The summed E-state index contributed by atoms with van der Waals surface area (Å²) in [5.41, 5.74) is 0.770. The number of aryl methyl sites for hydroxylation is 1. The number of ether oxygens (including phenoxy) is 1. The summed E-state index contributed by atoms with van der Waals surface area (Å²) < 4.78 is 7.23. The average molecular weight is 226 g/mol. The Kier molecular flexibility index (Phi) is 4.44. The standard InChI is InChI=1S/C11H22N4O/c1-6-12-10(11(2,3)16-5)7-9-8-15(4)14-13-9/h8,10,12H,6-7H2,1-5H3. The Morgan fingerprint density at radius 2 is 2.25 bits per heavy atom. The van der Waals surface area contributed by atoms with Crippen molar-refractivity contribution in [3.63, 3.8) is 0 Å². The van der Waals surface area contributed by atoms with Crippen LogP contribution in [0.25, 0.3) is 0 Å². The van der Waals surface area contributed by atoms with E-state index in [1.807, 2.05) is 13.2 Å². The first-order valence-electron chi connectivity index (χ1n) is 5.63. The molecule has 0 radical (unpaired) electrons. The van der Waals surface area contributed by atoms with Crippen molar-refractivity contribution in [2.45, 2.75) is 38.8 Å². The molecule has 1 aromatic heterocycles. The predicted octanol–water partition coefficient (Wildman–Crippen LogP) is 0.761. The monoisotopic (exact) mass is 226 g/mol. The van der Waals surface area contributed by atoms with Crippen molar-refractivity contribution < 1.29 is 4.74 Å². The van der Waals surface area contributed by atoms with Gasteiger partial charge in [-0.05, 0) is 20.4 Å². The Bertz CT molecular complexity index is 322. The third-order valence-electron chi connectivity index (χ3n) is 2.88. The number of hydrogen-bond donors (Lipinski definition) is 1. The SMILES string of the molecule is CCNC(Cc1cn(C)nn1)C(C)(C)OC. The van der Waals surface area contributed by atoms with Crippen LogP contribution in [-0.4, -0.2) is 40.3 Å². The molecule has 0 aliphatic heterocycles. The van der Waals surface area contributed by atoms with Crippen molar-refractivity contribution in [2.75, 3.05) is 13.7 Å². The molecule has 0 fully saturated rings. The maximum Gasteiger partial charge on any atom is 0.0843 e. The van der Waals surface area contributed by atoms with Crippen LogP contribution >= 0.6 is 0 Å². The van der Waals surface area contributed by atoms with Gasteiger partial charge in [0, 0.05) is 32.8 Å². The summed E-state index contributed by atoms with van der Waals surface area (Å²) in [6.07, 6.45) is 2.76. The second kappa shape index (κ2) is 5.41. The van der Waals surface area contributed by atoms with Crippen LogP contribution in [0.3, 0.4) is 0 Å². The lowest BCUT2D eigenvalue weighted by atomic mass is 9.94. The largest absolute Gasteiger partial charge is 0.377 e. The maximum absolute atomic E-state index is 5.51. The minimum absolute atomic E-state index is 0.215. The van der Waals surface area contributed by atoms with Gasteiger partial charge in [0.25, 0.3) is 0 Å². The highest BCUT2D eigenvalue weighted by Crippen LogP contribution is 2.17. The molecule has 0 amide bonds. The van der Waals surface area contributed by atoms with Crippen LogP contribution in [0.5, 0.6) is 0 Å². The lowest BCUT2D eigenvalue weighted by Crippen LogP contribution is -2.49. The molecule has 1 unspecified atom stereocenters. The lowest BCUT2D eigenvalue weighted by molar-refractivity contribution is -0.00985. The van der Waals surface area contributed by atoms with Gasteiger partial charge in [-0.2, -0.15) is 0 Å². The van der Waals surface area contributed by atoms with Crippen molar-refractivity contribution >= 4 is 0 Å². The molecule has 16 heavy (non-hydrogen) atoms. The van der Waals surface area contributed by atoms with Gasteiger partial charge in [0.15, 0.2) is 0 Å². The second-order valence-electron chi connectivity index (χ2n) is 4.51. The van der Waals surface area contributed by atoms with E-state index in [-0.39, 0.29) is 11.6 Å². The Labute approximate surface area is 97.2 Å². The molecule has 1 aromatic rings. The van der Waals surface area contributed by atoms with E-state index in [0.717, 1.165) is 18.7 Å². The lowest BCUT2D eigenvalue weighted by Gasteiger charge is -2.33. The normalized spacial score (nSPS) is 14.1. The van der Waals surface area contributed by atoms with Crippen LogP contribution in [0, 0.1) is 0 Å². The predicted molar refractivity (Wildman–Crippen MR) is 63.3 cm³/mol. The maximum atomic E-state index is 5.51. The van der Waals surface area contributed by atoms with Gasteiger partial charge in [0.05, 0.1) is 11.3 Å². The minimum Gasteiger partial charge on any atom is -0.377 e. The fourth-order valence-corrected chi connectivity index (χ4v) is 1.65. The van der Waals surface area contributed by atoms with Crippen LogP contribution in [0.1, 0.15) is 26.5 Å². The number of hydrogen-bond acceptors (Lipinski definition) is 4. The fourth-order valence-electron chi connectivity index (χ4n) is 1.65. The molecule has 0 bridgehead atoms. The van der Waals surface area contributed by atoms with E-state index in [2.05, 4.69) is 36.4 Å². The highest BCUT2D eigenvalue weighted by Gasteiger charge is 2.29. The van der Waals surface area contributed by atoms with Gasteiger partial charge in [-0.15, -0.1) is 5.10 Å². The van der Waals surface area contributed by atoms with E-state index < -0.39 is 0 Å². The minimum atomic E-state index is -0.215. The molecule has 5 heteroatoms. The van der Waals surface area contributed by atoms with Gasteiger partial charge in [-0.3, -0.25) is 4.68 Å². The quantitative estimate of drug-likeness (QED) is 0.778. The van der Waals surface area contributed by atoms with E-state index in [0.29, 0.717) is 0 Å². The third-order valence-corrected chi connectivity index (χ3v) is 2.88. The van der Waals surface area contributed by atoms with Crippen molar-refractivity contribution in [3.8, 4) is 0 Å². The molecular weight excluding hydrogens is 204 g/mol. The molecule has 0 spiro atoms. The zero-order chi connectivity index (χ0) is 12.2. The van der Waals surface area contributed by atoms with Crippen LogP contribution in [0.4, 0.5) is 0 Å². The van der Waals surface area contributed by atoms with Crippen LogP contribution in [0.2, 0.25) is 0 Å². The summed E-state index contributed by atoms with van der Waals surface area (Å²) in [7, 11) is 3.61. The molecule has 0 aliphatic rings. The Morgan fingerprint density at radius 3 is 2.69 bits per heavy atom. The van der Waals surface area contributed by atoms with Gasteiger partial charge in [0.2, 0.25) is 0 Å². The first-order chi connectivity index (χ1) is 7.49. The highest BCUT2D eigenvalue weighted by molar-refractivity contribution is 5.00. The van der Waals surface area contributed by atoms with E-state index in [9.17, 15) is 0 Å². The molecular formula is C11H22N4O. The van der Waals surface area contributed by atoms with Crippen LogP contribution in [0.15, 0.2) is 6.20 Å². The third kappa shape index (κ3) is 3.28. The molecule has 1 rings (SSSR count). The number of nitrogens with one attached hydrogen (secondary N) is 1. The summed E-state index contributed by atoms with van der Waals surface area (Å²) in [6.45, 7) is 7.17. The molecule has 0 saturated heterocycles. The van der Waals surface area contributed by atoms with E-state index >= 15 is 0 Å². The zero-order valence-corrected chi connectivity index (χ0v) is 10.8. The summed E-state index contributed by atoms with van der Waals surface area (Å²) in [5, 5.41) is 11.5. The Hall–Kier alpha value is -0.940. The molecule has 1 atom stereocenters. The molecule has 0 aliphatic carbocycles. The van der Waals surface area contributed by atoms with Crippen molar-refractivity contribution in [3.05, 3.63) is 11.9 Å². The Balaban J connectivity index is 2.71. The molecule has 92 valence electrons. The van der Waals surface area contributed by atoms with Crippen molar-refractivity contribution in [1.29, 1.82) is 0 Å². The summed E-state index contributed by atoms with van der Waals surface area (Å²) >= 11 is 0. The van der Waals surface area contributed by atoms with E-state index in [1.54, 1.807) is 11.8 Å². The topological polar surface area (TPSA) is 52.0 Å². The van der Waals surface area contributed by atoms with Gasteiger partial charge in [-0.1, -0.05) is 12.1 Å². The van der Waals surface area contributed by atoms with E-state index in [4.69, 9.17) is 4.74 Å². The smallest absolute Gasteiger partial charge is 0.0843 e. The molecule has 0 aromatic carbocycles. The van der Waals surface area contributed by atoms with Gasteiger partial charge in [0.1, 0.15) is 0 Å². The van der Waals surface area contributed by atoms with Crippen molar-refractivity contribution in [1.82, 2.24) is 20.3 Å². The second-order valence-corrected chi connectivity index (χ2v) is 4.51. The van der Waals surface area contributed by atoms with Gasteiger partial charge < -0.3 is 10.1 Å². The number of nitrogens with zero attached hydrogens (tertiary/aromatic N) is 3. The van der Waals surface area contributed by atoms with Gasteiger partial charge >= 0.3 is 0 Å². The molecule has 0 saturated carbocycles. The summed E-state index contributed by atoms with van der Waals surface area (Å²) in [5.74, 6) is 0. The number of rotatable bonds is 6. The summed E-state index contributed by atoms with van der Waals surface area (Å²) in [6, 6.07) is 0.235. The van der Waals surface area contributed by atoms with Crippen molar-refractivity contribution in [2.24, 2.45) is 7.05 Å². The zero-order valence-electron chi connectivity index (χ0n) is 10.8. The highest BCUT2D eigenvalue weighted by atomic mass is 16.5. The fraction of sp³-hybridized carbons (Fsp3) is 0.818. The number of aromatic nitrogens is 3. The molecule has 5 nitrogen and oxygen atoms in total. The molecule has 1 N–H and O–H groups in total. The first kappa shape index (κ1) is 13.1. The van der Waals surface area contributed by atoms with E-state index in [1.165, 1.54) is 0 Å². The first-order valence-corrected chi connectivity index (χ1v) is 5.63.